The molecule has 0 radical (unpaired) electrons. The third-order valence-electron chi connectivity index (χ3n) is 5.28. The first-order chi connectivity index (χ1) is 11.6. The molecule has 1 amide bonds. The van der Waals surface area contributed by atoms with Crippen molar-refractivity contribution in [1.29, 1.82) is 0 Å². The van der Waals surface area contributed by atoms with Gasteiger partial charge in [-0.05, 0) is 36.5 Å². The zero-order chi connectivity index (χ0) is 17.1. The summed E-state index contributed by atoms with van der Waals surface area (Å²) < 4.78 is 5.19. The molecule has 0 bridgehead atoms. The first kappa shape index (κ1) is 17.2. The van der Waals surface area contributed by atoms with Crippen LogP contribution in [0.5, 0.6) is 5.75 Å². The minimum absolute atomic E-state index is 0.145. The third-order valence-corrected chi connectivity index (χ3v) is 5.28. The van der Waals surface area contributed by atoms with Crippen LogP contribution in [0.4, 0.5) is 0 Å². The summed E-state index contributed by atoms with van der Waals surface area (Å²) in [7, 11) is 1.66. The van der Waals surface area contributed by atoms with E-state index in [4.69, 9.17) is 4.74 Å². The first-order valence-electron chi connectivity index (χ1n) is 8.95. The van der Waals surface area contributed by atoms with Gasteiger partial charge in [0.25, 0.3) is 0 Å². The number of amides is 1. The van der Waals surface area contributed by atoms with Gasteiger partial charge in [0.05, 0.1) is 13.2 Å². The van der Waals surface area contributed by atoms with Gasteiger partial charge in [0.1, 0.15) is 5.75 Å². The van der Waals surface area contributed by atoms with E-state index in [0.29, 0.717) is 11.8 Å². The second-order valence-electron chi connectivity index (χ2n) is 6.91. The van der Waals surface area contributed by atoms with Crippen LogP contribution in [0.25, 0.3) is 0 Å². The maximum absolute atomic E-state index is 12.7. The lowest BCUT2D eigenvalue weighted by molar-refractivity contribution is -0.134. The zero-order valence-electron chi connectivity index (χ0n) is 14.6. The quantitative estimate of drug-likeness (QED) is 0.862. The largest absolute Gasteiger partial charge is 0.497 e. The summed E-state index contributed by atoms with van der Waals surface area (Å²) >= 11 is 0. The molecule has 1 aliphatic carbocycles. The maximum Gasteiger partial charge on any atom is 0.226 e. The van der Waals surface area contributed by atoms with Crippen LogP contribution < -0.4 is 4.74 Å². The topological polar surface area (TPSA) is 53.0 Å². The Morgan fingerprint density at radius 3 is 2.50 bits per heavy atom. The summed E-state index contributed by atoms with van der Waals surface area (Å²) in [6.45, 7) is 6.00. The van der Waals surface area contributed by atoms with Crippen molar-refractivity contribution in [2.24, 2.45) is 5.92 Å². The molecule has 1 heterocycles. The summed E-state index contributed by atoms with van der Waals surface area (Å²) in [5.74, 6) is 1.66. The fraction of sp³-hybridized carbons (Fsp3) is 0.632. The van der Waals surface area contributed by atoms with Crippen LogP contribution in [-0.4, -0.2) is 66.8 Å². The van der Waals surface area contributed by atoms with Crippen LogP contribution in [0.1, 0.15) is 31.2 Å². The van der Waals surface area contributed by atoms with Gasteiger partial charge in [-0.1, -0.05) is 19.1 Å². The van der Waals surface area contributed by atoms with E-state index >= 15 is 0 Å². The highest BCUT2D eigenvalue weighted by atomic mass is 16.5. The van der Waals surface area contributed by atoms with Crippen molar-refractivity contribution in [3.8, 4) is 5.75 Å². The Labute approximate surface area is 144 Å². The van der Waals surface area contributed by atoms with Crippen LogP contribution in [0.15, 0.2) is 24.3 Å². The molecular weight excluding hydrogens is 304 g/mol. The lowest BCUT2D eigenvalue weighted by Gasteiger charge is -2.35. The van der Waals surface area contributed by atoms with E-state index < -0.39 is 0 Å². The van der Waals surface area contributed by atoms with Gasteiger partial charge in [-0.3, -0.25) is 9.69 Å². The number of carbonyl (C=O) groups is 1. The Morgan fingerprint density at radius 2 is 1.92 bits per heavy atom. The van der Waals surface area contributed by atoms with E-state index in [-0.39, 0.29) is 12.0 Å². The van der Waals surface area contributed by atoms with Gasteiger partial charge in [0, 0.05) is 38.6 Å². The normalized spacial score (nSPS) is 25.4. The van der Waals surface area contributed by atoms with Crippen LogP contribution in [0.3, 0.4) is 0 Å². The molecule has 1 aromatic rings. The molecule has 1 saturated carbocycles. The van der Waals surface area contributed by atoms with Crippen molar-refractivity contribution >= 4 is 5.91 Å². The second-order valence-corrected chi connectivity index (χ2v) is 6.91. The van der Waals surface area contributed by atoms with E-state index in [0.717, 1.165) is 51.3 Å². The van der Waals surface area contributed by atoms with Crippen molar-refractivity contribution in [3.05, 3.63) is 29.8 Å². The molecule has 5 nitrogen and oxygen atoms in total. The fourth-order valence-electron chi connectivity index (χ4n) is 3.50. The van der Waals surface area contributed by atoms with Gasteiger partial charge in [0.2, 0.25) is 5.91 Å². The van der Waals surface area contributed by atoms with Crippen LogP contribution >= 0.6 is 0 Å². The molecule has 0 spiro atoms. The van der Waals surface area contributed by atoms with Crippen molar-refractivity contribution in [2.45, 2.75) is 31.8 Å². The summed E-state index contributed by atoms with van der Waals surface area (Å²) in [5.41, 5.74) is 1.24. The van der Waals surface area contributed by atoms with Gasteiger partial charge in [-0.15, -0.1) is 0 Å². The summed E-state index contributed by atoms with van der Waals surface area (Å²) in [6, 6.07) is 8.07. The maximum atomic E-state index is 12.7. The Balaban J connectivity index is 1.48. The third kappa shape index (κ3) is 3.90. The Hall–Kier alpha value is -1.59. The predicted octanol–water partition coefficient (Wildman–Crippen LogP) is 1.71. The monoisotopic (exact) mass is 332 g/mol. The van der Waals surface area contributed by atoms with E-state index in [9.17, 15) is 9.90 Å². The molecule has 24 heavy (non-hydrogen) atoms. The summed E-state index contributed by atoms with van der Waals surface area (Å²) in [6.07, 6.45) is 1.49. The molecule has 3 atom stereocenters. The number of β-amino-alcohol motifs (C(OH)–C–C–N with tert-alkyl or cyclic N) is 1. The minimum Gasteiger partial charge on any atom is -0.497 e. The number of methoxy groups -OCH3 is 1. The lowest BCUT2D eigenvalue weighted by Crippen LogP contribution is -2.50. The molecule has 1 N–H and O–H groups in total. The predicted molar refractivity (Wildman–Crippen MR) is 93.2 cm³/mol. The van der Waals surface area contributed by atoms with Crippen molar-refractivity contribution in [3.63, 3.8) is 0 Å². The molecule has 2 aliphatic rings. The average molecular weight is 332 g/mol. The number of rotatable bonds is 6. The molecule has 3 rings (SSSR count). The molecular formula is C19H28N2O3. The van der Waals surface area contributed by atoms with Gasteiger partial charge >= 0.3 is 0 Å². The smallest absolute Gasteiger partial charge is 0.226 e. The first-order valence-corrected chi connectivity index (χ1v) is 8.95. The number of ether oxygens (including phenoxy) is 1. The van der Waals surface area contributed by atoms with Gasteiger partial charge in [-0.25, -0.2) is 0 Å². The Bertz CT molecular complexity index is 552. The fourth-order valence-corrected chi connectivity index (χ4v) is 3.50. The number of nitrogens with zero attached hydrogens (tertiary/aromatic N) is 2. The highest BCUT2D eigenvalue weighted by Crippen LogP contribution is 2.48. The zero-order valence-corrected chi connectivity index (χ0v) is 14.6. The van der Waals surface area contributed by atoms with Crippen LogP contribution in [-0.2, 0) is 4.79 Å². The van der Waals surface area contributed by atoms with Crippen molar-refractivity contribution in [1.82, 2.24) is 9.80 Å². The number of aliphatic hydroxyl groups excluding tert-OH is 1. The van der Waals surface area contributed by atoms with Crippen LogP contribution in [0.2, 0.25) is 0 Å². The lowest BCUT2D eigenvalue weighted by atomic mass is 10.1. The number of hydrogen-bond acceptors (Lipinski definition) is 4. The Morgan fingerprint density at radius 1 is 1.25 bits per heavy atom. The summed E-state index contributed by atoms with van der Waals surface area (Å²) in [4.78, 5) is 16.9. The Kier molecular flexibility index (Phi) is 5.41. The summed E-state index contributed by atoms with van der Waals surface area (Å²) in [5, 5.41) is 9.75. The van der Waals surface area contributed by atoms with Gasteiger partial charge in [-0.2, -0.15) is 0 Å². The number of benzene rings is 1. The molecule has 1 saturated heterocycles. The number of carbonyl (C=O) groups excluding carboxylic acids is 1. The van der Waals surface area contributed by atoms with E-state index in [2.05, 4.69) is 17.0 Å². The van der Waals surface area contributed by atoms with Gasteiger partial charge < -0.3 is 14.7 Å². The molecule has 0 aromatic heterocycles. The van der Waals surface area contributed by atoms with E-state index in [1.165, 1.54) is 5.56 Å². The number of piperazine rings is 1. The molecule has 0 unspecified atom stereocenters. The number of aliphatic hydroxyl groups is 1. The van der Waals surface area contributed by atoms with Gasteiger partial charge in [0.15, 0.2) is 0 Å². The van der Waals surface area contributed by atoms with Crippen LogP contribution in [0, 0.1) is 5.92 Å². The second kappa shape index (κ2) is 7.53. The number of hydrogen-bond donors (Lipinski definition) is 1. The molecule has 132 valence electrons. The SMILES string of the molecule is CC[C@H](O)CN1CCN(C(=O)[C@@H]2C[C@@H]2c2ccc(OC)cc2)CC1. The standard InChI is InChI=1S/C19H28N2O3/c1-3-15(22)13-20-8-10-21(11-9-20)19(23)18-12-17(18)14-4-6-16(24-2)7-5-14/h4-7,15,17-18,22H,3,8-13H2,1-2H3/t15-,17+,18+/m0/s1. The highest BCUT2D eigenvalue weighted by Gasteiger charge is 2.46. The van der Waals surface area contributed by atoms with Crippen molar-refractivity contribution < 1.29 is 14.6 Å². The highest BCUT2D eigenvalue weighted by molar-refractivity contribution is 5.83. The van der Waals surface area contributed by atoms with Crippen molar-refractivity contribution in [2.75, 3.05) is 39.8 Å². The molecule has 1 aliphatic heterocycles. The average Bonchev–Trinajstić information content (AvgIpc) is 3.42. The molecule has 1 aromatic carbocycles. The van der Waals surface area contributed by atoms with E-state index in [1.807, 2.05) is 24.0 Å². The molecule has 2 fully saturated rings. The van der Waals surface area contributed by atoms with E-state index in [1.54, 1.807) is 7.11 Å². The molecule has 5 heteroatoms. The minimum atomic E-state index is -0.255.